The van der Waals surface area contributed by atoms with E-state index in [1.165, 1.54) is 20.8 Å². The highest BCUT2D eigenvalue weighted by molar-refractivity contribution is 7.87. The Kier molecular flexibility index (Phi) is 7.68. The fourth-order valence-electron chi connectivity index (χ4n) is 2.08. The van der Waals surface area contributed by atoms with Crippen molar-refractivity contribution in [2.75, 3.05) is 6.61 Å². The van der Waals surface area contributed by atoms with Crippen LogP contribution in [-0.4, -0.2) is 55.0 Å². The van der Waals surface area contributed by atoms with E-state index in [4.69, 9.17) is 9.47 Å². The van der Waals surface area contributed by atoms with Crippen LogP contribution in [0.5, 0.6) is 0 Å². The molecule has 1 aliphatic heterocycles. The molecule has 29 heavy (non-hydrogen) atoms. The molecular weight excluding hydrogens is 423 g/mol. The summed E-state index contributed by atoms with van der Waals surface area (Å²) in [4.78, 5) is 37.3. The third-order valence-corrected chi connectivity index (χ3v) is 4.33. The van der Waals surface area contributed by atoms with Crippen LogP contribution in [0.4, 0.5) is 18.0 Å². The largest absolute Gasteiger partial charge is 0.534 e. The number of imide groups is 1. The number of carbonyl (C=O) groups excluding carboxylic acids is 3. The Morgan fingerprint density at radius 3 is 2.31 bits per heavy atom. The van der Waals surface area contributed by atoms with Crippen LogP contribution in [0.15, 0.2) is 11.8 Å². The third-order valence-electron chi connectivity index (χ3n) is 3.33. The number of rotatable bonds is 6. The van der Waals surface area contributed by atoms with E-state index in [2.05, 4.69) is 4.18 Å². The second kappa shape index (κ2) is 9.01. The molecule has 1 atom stereocenters. The first kappa shape index (κ1) is 24.7. The van der Waals surface area contributed by atoms with E-state index < -0.39 is 57.4 Å². The van der Waals surface area contributed by atoms with E-state index >= 15 is 0 Å². The van der Waals surface area contributed by atoms with Gasteiger partial charge in [-0.1, -0.05) is 13.3 Å². The maximum Gasteiger partial charge on any atom is 0.534 e. The minimum absolute atomic E-state index is 0.0665. The van der Waals surface area contributed by atoms with Crippen LogP contribution in [0.1, 0.15) is 47.0 Å². The molecule has 2 amide bonds. The molecule has 1 rings (SSSR count). The molecule has 13 heteroatoms. The summed E-state index contributed by atoms with van der Waals surface area (Å²) in [5.74, 6) is -3.35. The van der Waals surface area contributed by atoms with Gasteiger partial charge in [-0.05, 0) is 27.2 Å². The van der Waals surface area contributed by atoms with E-state index in [0.717, 1.165) is 0 Å². The molecule has 0 N–H and O–H groups in total. The summed E-state index contributed by atoms with van der Waals surface area (Å²) in [6.07, 6.45) is -0.576. The number of alkyl halides is 3. The van der Waals surface area contributed by atoms with Crippen LogP contribution in [0.25, 0.3) is 0 Å². The fraction of sp³-hybridized carbons (Fsp3) is 0.688. The van der Waals surface area contributed by atoms with Crippen molar-refractivity contribution < 1.29 is 49.6 Å². The summed E-state index contributed by atoms with van der Waals surface area (Å²) in [6.45, 7) is 6.22. The number of hydrogen-bond donors (Lipinski definition) is 0. The third kappa shape index (κ3) is 6.91. The Balaban J connectivity index is 3.20. The predicted octanol–water partition coefficient (Wildman–Crippen LogP) is 2.62. The highest BCUT2D eigenvalue weighted by Crippen LogP contribution is 2.30. The molecule has 9 nitrogen and oxygen atoms in total. The Hall–Kier alpha value is -2.31. The lowest BCUT2D eigenvalue weighted by Gasteiger charge is -2.33. The summed E-state index contributed by atoms with van der Waals surface area (Å²) in [5, 5.41) is 0. The number of esters is 1. The number of nitrogens with zero attached hydrogens (tertiary/aromatic N) is 1. The number of halogens is 3. The molecule has 0 spiro atoms. The molecule has 0 radical (unpaired) electrons. The smallest absolute Gasteiger partial charge is 0.464 e. The summed E-state index contributed by atoms with van der Waals surface area (Å²) in [7, 11) is -6.06. The van der Waals surface area contributed by atoms with E-state index in [1.807, 2.05) is 6.92 Å². The Morgan fingerprint density at radius 1 is 1.24 bits per heavy atom. The first-order valence-corrected chi connectivity index (χ1v) is 9.94. The van der Waals surface area contributed by atoms with E-state index in [9.17, 15) is 36.0 Å². The zero-order valence-corrected chi connectivity index (χ0v) is 17.1. The van der Waals surface area contributed by atoms with Gasteiger partial charge in [0.2, 0.25) is 0 Å². The molecule has 166 valence electrons. The first-order chi connectivity index (χ1) is 13.1. The molecule has 0 saturated carbocycles. The topological polar surface area (TPSA) is 116 Å². The summed E-state index contributed by atoms with van der Waals surface area (Å²) in [6, 6.07) is -1.75. The molecule has 1 aliphatic rings. The van der Waals surface area contributed by atoms with Crippen molar-refractivity contribution in [3.63, 3.8) is 0 Å². The lowest BCUT2D eigenvalue weighted by atomic mass is 10.1. The molecule has 1 heterocycles. The molecule has 0 bridgehead atoms. The van der Waals surface area contributed by atoms with Gasteiger partial charge in [-0.2, -0.15) is 21.6 Å². The van der Waals surface area contributed by atoms with Gasteiger partial charge >= 0.3 is 27.7 Å². The van der Waals surface area contributed by atoms with Crippen LogP contribution >= 0.6 is 0 Å². The monoisotopic (exact) mass is 445 g/mol. The zero-order valence-electron chi connectivity index (χ0n) is 16.2. The van der Waals surface area contributed by atoms with Crippen molar-refractivity contribution in [3.8, 4) is 0 Å². The number of carbonyl (C=O) groups is 3. The van der Waals surface area contributed by atoms with Gasteiger partial charge in [-0.15, -0.1) is 0 Å². The van der Waals surface area contributed by atoms with Crippen LogP contribution in [0.2, 0.25) is 0 Å². The Morgan fingerprint density at radius 2 is 1.83 bits per heavy atom. The number of amides is 2. The highest BCUT2D eigenvalue weighted by atomic mass is 32.2. The van der Waals surface area contributed by atoms with Crippen molar-refractivity contribution in [1.82, 2.24) is 4.90 Å². The van der Waals surface area contributed by atoms with E-state index in [1.54, 1.807) is 0 Å². The summed E-state index contributed by atoms with van der Waals surface area (Å²) in [5.41, 5.74) is -6.79. The number of unbranched alkanes of at least 4 members (excludes halogenated alkanes) is 1. The van der Waals surface area contributed by atoms with Crippen molar-refractivity contribution >= 4 is 28.1 Å². The van der Waals surface area contributed by atoms with Gasteiger partial charge in [0.15, 0.2) is 0 Å². The molecule has 0 aromatic rings. The van der Waals surface area contributed by atoms with Gasteiger partial charge in [0.25, 0.3) is 5.91 Å². The lowest BCUT2D eigenvalue weighted by molar-refractivity contribution is -0.154. The Labute approximate surface area is 165 Å². The average molecular weight is 445 g/mol. The van der Waals surface area contributed by atoms with Crippen LogP contribution in [0, 0.1) is 0 Å². The van der Waals surface area contributed by atoms with Crippen LogP contribution in [0.3, 0.4) is 0 Å². The standard InChI is InChI=1S/C16H22F3NO8S/c1-5-6-7-26-13(22)11-8-10(28-29(24,25)16(17,18)19)9-12(21)20(11)14(23)27-15(2,3)4/h9,11H,5-8H2,1-4H3/t11-/m1/s1. The Bertz CT molecular complexity index is 783. The predicted molar refractivity (Wildman–Crippen MR) is 91.5 cm³/mol. The van der Waals surface area contributed by atoms with Crippen molar-refractivity contribution in [2.45, 2.75) is 64.1 Å². The molecule has 0 aliphatic carbocycles. The van der Waals surface area contributed by atoms with E-state index in [-0.39, 0.29) is 6.61 Å². The summed E-state index contributed by atoms with van der Waals surface area (Å²) < 4.78 is 73.9. The minimum atomic E-state index is -6.06. The molecular formula is C16H22F3NO8S. The highest BCUT2D eigenvalue weighted by Gasteiger charge is 2.50. The molecule has 0 unspecified atom stereocenters. The van der Waals surface area contributed by atoms with Gasteiger partial charge in [-0.25, -0.2) is 14.5 Å². The lowest BCUT2D eigenvalue weighted by Crippen LogP contribution is -2.52. The number of hydrogen-bond acceptors (Lipinski definition) is 8. The molecule has 0 fully saturated rings. The van der Waals surface area contributed by atoms with Gasteiger partial charge in [0.05, 0.1) is 6.61 Å². The second-order valence-electron chi connectivity index (χ2n) is 7.02. The molecule has 0 saturated heterocycles. The van der Waals surface area contributed by atoms with Crippen LogP contribution in [-0.2, 0) is 33.4 Å². The van der Waals surface area contributed by atoms with Gasteiger partial charge in [-0.3, -0.25) is 4.79 Å². The normalized spacial score (nSPS) is 18.2. The van der Waals surface area contributed by atoms with Gasteiger partial charge in [0, 0.05) is 12.5 Å². The number of ether oxygens (including phenoxy) is 2. The SMILES string of the molecule is CCCCOC(=O)[C@H]1CC(OS(=O)(=O)C(F)(F)F)=CC(=O)N1C(=O)OC(C)(C)C. The average Bonchev–Trinajstić information content (AvgIpc) is 2.50. The maximum atomic E-state index is 12.5. The fourth-order valence-corrected chi connectivity index (χ4v) is 2.57. The quantitative estimate of drug-likeness (QED) is 0.265. The van der Waals surface area contributed by atoms with Crippen LogP contribution < -0.4 is 0 Å². The first-order valence-electron chi connectivity index (χ1n) is 8.53. The zero-order chi connectivity index (χ0) is 22.6. The maximum absolute atomic E-state index is 12.5. The van der Waals surface area contributed by atoms with Gasteiger partial charge < -0.3 is 13.7 Å². The van der Waals surface area contributed by atoms with E-state index in [0.29, 0.717) is 23.8 Å². The van der Waals surface area contributed by atoms with Crippen molar-refractivity contribution in [1.29, 1.82) is 0 Å². The molecule has 0 aromatic carbocycles. The van der Waals surface area contributed by atoms with Crippen molar-refractivity contribution in [3.05, 3.63) is 11.8 Å². The second-order valence-corrected chi connectivity index (χ2v) is 8.56. The molecule has 0 aromatic heterocycles. The van der Waals surface area contributed by atoms with Crippen molar-refractivity contribution in [2.24, 2.45) is 0 Å². The minimum Gasteiger partial charge on any atom is -0.464 e. The summed E-state index contributed by atoms with van der Waals surface area (Å²) >= 11 is 0. The van der Waals surface area contributed by atoms with Gasteiger partial charge in [0.1, 0.15) is 17.4 Å².